The molecule has 0 fully saturated rings. The van der Waals surface area contributed by atoms with Crippen LogP contribution in [0, 0.1) is 0 Å². The number of aldehydes is 1. The first-order valence-corrected chi connectivity index (χ1v) is 5.02. The molecule has 68 valence electrons. The Morgan fingerprint density at radius 1 is 1.62 bits per heavy atom. The van der Waals surface area contributed by atoms with Crippen LogP contribution in [0.2, 0.25) is 0 Å². The van der Waals surface area contributed by atoms with Gasteiger partial charge in [-0.3, -0.25) is 9.20 Å². The highest BCUT2D eigenvalue weighted by Gasteiger charge is 2.11. The monoisotopic (exact) mass is 194 g/mol. The van der Waals surface area contributed by atoms with Crippen molar-refractivity contribution in [3.63, 3.8) is 0 Å². The van der Waals surface area contributed by atoms with E-state index in [0.717, 1.165) is 16.9 Å². The molecule has 2 aromatic heterocycles. The highest BCUT2D eigenvalue weighted by atomic mass is 32.1. The molecular weight excluding hydrogens is 184 g/mol. The van der Waals surface area contributed by atoms with E-state index in [-0.39, 0.29) is 0 Å². The number of hydrogen-bond acceptors (Lipinski definition) is 3. The Bertz CT molecular complexity index is 441. The SMILES string of the molecule is CC(C)c1csc2ncc(C=O)n12. The van der Waals surface area contributed by atoms with Crippen molar-refractivity contribution in [1.82, 2.24) is 9.38 Å². The summed E-state index contributed by atoms with van der Waals surface area (Å²) in [7, 11) is 0. The summed E-state index contributed by atoms with van der Waals surface area (Å²) in [5, 5.41) is 2.06. The Morgan fingerprint density at radius 3 is 3.00 bits per heavy atom. The van der Waals surface area contributed by atoms with E-state index in [2.05, 4.69) is 24.2 Å². The Kier molecular flexibility index (Phi) is 1.92. The molecule has 0 unspecified atom stereocenters. The second-order valence-corrected chi connectivity index (χ2v) is 4.07. The molecule has 0 aromatic carbocycles. The average Bonchev–Trinajstić information content (AvgIpc) is 2.61. The van der Waals surface area contributed by atoms with E-state index >= 15 is 0 Å². The van der Waals surface area contributed by atoms with Gasteiger partial charge in [-0.05, 0) is 5.92 Å². The summed E-state index contributed by atoms with van der Waals surface area (Å²) in [5.74, 6) is 0.418. The summed E-state index contributed by atoms with van der Waals surface area (Å²) in [4.78, 5) is 15.7. The molecule has 13 heavy (non-hydrogen) atoms. The van der Waals surface area contributed by atoms with Crippen LogP contribution in [0.25, 0.3) is 4.96 Å². The molecule has 0 atom stereocenters. The van der Waals surface area contributed by atoms with Gasteiger partial charge >= 0.3 is 0 Å². The van der Waals surface area contributed by atoms with Crippen molar-refractivity contribution in [2.75, 3.05) is 0 Å². The molecule has 3 nitrogen and oxygen atoms in total. The van der Waals surface area contributed by atoms with Gasteiger partial charge in [-0.25, -0.2) is 4.98 Å². The van der Waals surface area contributed by atoms with Gasteiger partial charge < -0.3 is 0 Å². The molecule has 0 N–H and O–H groups in total. The van der Waals surface area contributed by atoms with Crippen LogP contribution in [-0.2, 0) is 0 Å². The van der Waals surface area contributed by atoms with Gasteiger partial charge in [0.2, 0.25) is 0 Å². The maximum atomic E-state index is 10.7. The summed E-state index contributed by atoms with van der Waals surface area (Å²) in [6.45, 7) is 4.21. The Balaban J connectivity index is 2.75. The second kappa shape index (κ2) is 2.96. The lowest BCUT2D eigenvalue weighted by atomic mass is 10.1. The molecule has 0 radical (unpaired) electrons. The van der Waals surface area contributed by atoms with Crippen LogP contribution in [0.3, 0.4) is 0 Å². The van der Waals surface area contributed by atoms with Crippen LogP contribution in [0.1, 0.15) is 35.9 Å². The van der Waals surface area contributed by atoms with Crippen LogP contribution >= 0.6 is 11.3 Å². The van der Waals surface area contributed by atoms with Gasteiger partial charge in [0.15, 0.2) is 11.2 Å². The summed E-state index contributed by atoms with van der Waals surface area (Å²) in [6.07, 6.45) is 2.46. The lowest BCUT2D eigenvalue weighted by Crippen LogP contribution is -1.96. The number of rotatable bonds is 2. The van der Waals surface area contributed by atoms with Gasteiger partial charge in [-0.15, -0.1) is 11.3 Å². The number of aromatic nitrogens is 2. The van der Waals surface area contributed by atoms with E-state index in [4.69, 9.17) is 0 Å². The lowest BCUT2D eigenvalue weighted by molar-refractivity contribution is 0.111. The molecule has 2 aromatic rings. The van der Waals surface area contributed by atoms with Gasteiger partial charge in [0, 0.05) is 11.1 Å². The van der Waals surface area contributed by atoms with Crippen molar-refractivity contribution >= 4 is 22.6 Å². The van der Waals surface area contributed by atoms with Crippen LogP contribution in [0.5, 0.6) is 0 Å². The van der Waals surface area contributed by atoms with E-state index in [1.807, 2.05) is 4.40 Å². The zero-order chi connectivity index (χ0) is 9.42. The van der Waals surface area contributed by atoms with Gasteiger partial charge in [0.1, 0.15) is 5.69 Å². The minimum Gasteiger partial charge on any atom is -0.296 e. The third-order valence-corrected chi connectivity index (χ3v) is 2.87. The molecule has 0 aliphatic rings. The van der Waals surface area contributed by atoms with Crippen molar-refractivity contribution < 1.29 is 4.79 Å². The number of thiazole rings is 1. The third-order valence-electron chi connectivity index (χ3n) is 2.01. The van der Waals surface area contributed by atoms with E-state index in [1.165, 1.54) is 0 Å². The summed E-state index contributed by atoms with van der Waals surface area (Å²) in [5.41, 5.74) is 1.79. The van der Waals surface area contributed by atoms with E-state index in [0.29, 0.717) is 11.6 Å². The topological polar surface area (TPSA) is 34.4 Å². The number of imidazole rings is 1. The molecule has 0 saturated carbocycles. The lowest BCUT2D eigenvalue weighted by Gasteiger charge is -2.02. The predicted molar refractivity (Wildman–Crippen MR) is 52.5 cm³/mol. The number of carbonyl (C=O) groups is 1. The van der Waals surface area contributed by atoms with Crippen molar-refractivity contribution in [2.45, 2.75) is 19.8 Å². The first kappa shape index (κ1) is 8.44. The van der Waals surface area contributed by atoms with Gasteiger partial charge in [-0.1, -0.05) is 13.8 Å². The summed E-state index contributed by atoms with van der Waals surface area (Å²) in [6, 6.07) is 0. The number of carbonyl (C=O) groups excluding carboxylic acids is 1. The smallest absolute Gasteiger partial charge is 0.194 e. The molecule has 0 aliphatic heterocycles. The quantitative estimate of drug-likeness (QED) is 0.688. The van der Waals surface area contributed by atoms with Gasteiger partial charge in [0.25, 0.3) is 0 Å². The largest absolute Gasteiger partial charge is 0.296 e. The minimum absolute atomic E-state index is 0.418. The molecule has 4 heteroatoms. The van der Waals surface area contributed by atoms with Crippen molar-refractivity contribution in [2.24, 2.45) is 0 Å². The fourth-order valence-electron chi connectivity index (χ4n) is 1.33. The maximum Gasteiger partial charge on any atom is 0.194 e. The number of fused-ring (bicyclic) bond motifs is 1. The molecule has 0 aliphatic carbocycles. The zero-order valence-electron chi connectivity index (χ0n) is 7.52. The highest BCUT2D eigenvalue weighted by molar-refractivity contribution is 7.15. The molecule has 0 spiro atoms. The third kappa shape index (κ3) is 1.18. The number of nitrogens with zero attached hydrogens (tertiary/aromatic N) is 2. The molecule has 2 rings (SSSR count). The van der Waals surface area contributed by atoms with Crippen LogP contribution in [0.4, 0.5) is 0 Å². The fourth-order valence-corrected chi connectivity index (χ4v) is 2.37. The van der Waals surface area contributed by atoms with Crippen LogP contribution in [0.15, 0.2) is 11.6 Å². The minimum atomic E-state index is 0.418. The predicted octanol–water partition coefficient (Wildman–Crippen LogP) is 2.33. The standard InChI is InChI=1S/C9H10N2OS/c1-6(2)8-5-13-9-10-3-7(4-12)11(8)9/h3-6H,1-2H3. The summed E-state index contributed by atoms with van der Waals surface area (Å²) < 4.78 is 1.92. The molecular formula is C9H10N2OS. The first-order valence-electron chi connectivity index (χ1n) is 4.14. The molecule has 0 bridgehead atoms. The zero-order valence-corrected chi connectivity index (χ0v) is 8.34. The Hall–Kier alpha value is -1.16. The van der Waals surface area contributed by atoms with Gasteiger partial charge in [-0.2, -0.15) is 0 Å². The highest BCUT2D eigenvalue weighted by Crippen LogP contribution is 2.23. The average molecular weight is 194 g/mol. The second-order valence-electron chi connectivity index (χ2n) is 3.23. The van der Waals surface area contributed by atoms with Crippen molar-refractivity contribution in [1.29, 1.82) is 0 Å². The van der Waals surface area contributed by atoms with Crippen molar-refractivity contribution in [3.8, 4) is 0 Å². The first-order chi connectivity index (χ1) is 6.24. The van der Waals surface area contributed by atoms with E-state index in [1.54, 1.807) is 17.5 Å². The maximum absolute atomic E-state index is 10.7. The normalized spacial score (nSPS) is 11.3. The Labute approximate surface area is 80.0 Å². The van der Waals surface area contributed by atoms with Crippen LogP contribution in [-0.4, -0.2) is 15.7 Å². The molecule has 2 heterocycles. The van der Waals surface area contributed by atoms with Crippen LogP contribution < -0.4 is 0 Å². The number of hydrogen-bond donors (Lipinski definition) is 0. The summed E-state index contributed by atoms with van der Waals surface area (Å²) >= 11 is 1.57. The molecule has 0 amide bonds. The Morgan fingerprint density at radius 2 is 2.38 bits per heavy atom. The van der Waals surface area contributed by atoms with E-state index < -0.39 is 0 Å². The van der Waals surface area contributed by atoms with Gasteiger partial charge in [0.05, 0.1) is 6.20 Å². The van der Waals surface area contributed by atoms with Crippen molar-refractivity contribution in [3.05, 3.63) is 23.0 Å². The fraction of sp³-hybridized carbons (Fsp3) is 0.333. The van der Waals surface area contributed by atoms with E-state index in [9.17, 15) is 4.79 Å². The molecule has 0 saturated heterocycles.